The number of hydrogen-bond donors (Lipinski definition) is 2. The van der Waals surface area contributed by atoms with E-state index >= 15 is 0 Å². The molecule has 3 N–H and O–H groups in total. The number of nitrogens with one attached hydrogen (secondary N) is 1. The number of hydrogen-bond acceptors (Lipinski definition) is 6. The van der Waals surface area contributed by atoms with Gasteiger partial charge in [0.2, 0.25) is 0 Å². The predicted octanol–water partition coefficient (Wildman–Crippen LogP) is -0.322. The van der Waals surface area contributed by atoms with Gasteiger partial charge in [-0.25, -0.2) is 4.99 Å². The van der Waals surface area contributed by atoms with E-state index in [1.165, 1.54) is 0 Å². The zero-order valence-electron chi connectivity index (χ0n) is 12.5. The summed E-state index contributed by atoms with van der Waals surface area (Å²) < 4.78 is 11.5. The Bertz CT molecular complexity index is 788. The van der Waals surface area contributed by atoms with E-state index in [1.807, 2.05) is 30.5 Å². The Hall–Kier alpha value is -2.06. The van der Waals surface area contributed by atoms with Crippen LogP contribution in [-0.4, -0.2) is 31.2 Å². The predicted molar refractivity (Wildman–Crippen MR) is 81.8 cm³/mol. The van der Waals surface area contributed by atoms with Gasteiger partial charge in [0.1, 0.15) is 0 Å². The number of amidine groups is 1. The average Bonchev–Trinajstić information content (AvgIpc) is 2.83. The highest BCUT2D eigenvalue weighted by Gasteiger charge is 2.97. The summed E-state index contributed by atoms with van der Waals surface area (Å²) in [6.07, 6.45) is 2.00. The van der Waals surface area contributed by atoms with Crippen LogP contribution in [0.4, 0.5) is 0 Å². The molecule has 1 aromatic rings. The van der Waals surface area contributed by atoms with Gasteiger partial charge in [-0.05, 0) is 24.0 Å². The quantitative estimate of drug-likeness (QED) is 0.721. The van der Waals surface area contributed by atoms with Crippen LogP contribution in [0, 0.1) is 33.5 Å². The summed E-state index contributed by atoms with van der Waals surface area (Å²) in [5, 5.41) is 19.8. The highest BCUT2D eigenvalue weighted by atomic mass is 32.2. The average molecular weight is 327 g/mol. The van der Waals surface area contributed by atoms with Crippen LogP contribution in [-0.2, 0) is 9.47 Å². The van der Waals surface area contributed by atoms with Gasteiger partial charge in [0, 0.05) is 10.8 Å². The van der Waals surface area contributed by atoms with Crippen molar-refractivity contribution in [2.24, 2.45) is 16.6 Å². The summed E-state index contributed by atoms with van der Waals surface area (Å²) >= 11 is 1.64. The van der Waals surface area contributed by atoms with Crippen molar-refractivity contribution in [2.45, 2.75) is 16.7 Å². The highest BCUT2D eigenvalue weighted by Crippen LogP contribution is 2.79. The molecule has 3 aliphatic rings. The number of nitrogens with zero attached hydrogens (tertiary/aromatic N) is 2. The SMILES string of the molecule is CSc1ccc([C@H]2[C@]3(C#N)C(N)=[NH+]C4(OCCO4)[C@]23C#N)cc1. The second kappa shape index (κ2) is 4.48. The first-order valence-corrected chi connectivity index (χ1v) is 8.50. The van der Waals surface area contributed by atoms with Crippen molar-refractivity contribution in [3.05, 3.63) is 29.8 Å². The van der Waals surface area contributed by atoms with Crippen LogP contribution < -0.4 is 10.7 Å². The number of nitrogens with two attached hydrogens (primary N) is 1. The van der Waals surface area contributed by atoms with E-state index in [0.717, 1.165) is 10.5 Å². The lowest BCUT2D eigenvalue weighted by atomic mass is 9.94. The zero-order chi connectivity index (χ0) is 16.3. The lowest BCUT2D eigenvalue weighted by molar-refractivity contribution is -0.676. The smallest absolute Gasteiger partial charge is 0.311 e. The molecule has 6 nitrogen and oxygen atoms in total. The minimum atomic E-state index is -1.33. The molecule has 1 aliphatic carbocycles. The maximum Gasteiger partial charge on any atom is 0.343 e. The van der Waals surface area contributed by atoms with E-state index in [2.05, 4.69) is 17.1 Å². The van der Waals surface area contributed by atoms with Gasteiger partial charge >= 0.3 is 5.91 Å². The number of rotatable bonds is 2. The summed E-state index contributed by atoms with van der Waals surface area (Å²) in [5.74, 6) is -1.45. The molecule has 116 valence electrons. The van der Waals surface area contributed by atoms with Gasteiger partial charge in [0.05, 0.1) is 25.4 Å². The summed E-state index contributed by atoms with van der Waals surface area (Å²) in [7, 11) is 0. The van der Waals surface area contributed by atoms with Crippen molar-refractivity contribution in [2.75, 3.05) is 19.5 Å². The minimum absolute atomic E-state index is 0.252. The third-order valence-corrected chi connectivity index (χ3v) is 5.89. The van der Waals surface area contributed by atoms with Gasteiger partial charge < -0.3 is 9.47 Å². The van der Waals surface area contributed by atoms with E-state index in [9.17, 15) is 10.5 Å². The molecule has 2 aliphatic heterocycles. The first-order valence-electron chi connectivity index (χ1n) is 7.27. The lowest BCUT2D eigenvalue weighted by Gasteiger charge is -2.23. The molecule has 0 bridgehead atoms. The first-order chi connectivity index (χ1) is 11.1. The molecule has 1 spiro atoms. The van der Waals surface area contributed by atoms with Crippen molar-refractivity contribution in [3.8, 4) is 12.1 Å². The van der Waals surface area contributed by atoms with Crippen molar-refractivity contribution in [1.29, 1.82) is 10.5 Å². The zero-order valence-corrected chi connectivity index (χ0v) is 13.3. The fourth-order valence-electron chi connectivity index (χ4n) is 4.11. The van der Waals surface area contributed by atoms with Crippen LogP contribution in [0.3, 0.4) is 0 Å². The van der Waals surface area contributed by atoms with E-state index in [1.54, 1.807) is 11.8 Å². The number of nitriles is 2. The molecule has 0 unspecified atom stereocenters. The normalized spacial score (nSPS) is 36.1. The van der Waals surface area contributed by atoms with Crippen molar-refractivity contribution in [1.82, 2.24) is 0 Å². The summed E-state index contributed by atoms with van der Waals surface area (Å²) in [4.78, 5) is 4.06. The third-order valence-electron chi connectivity index (χ3n) is 5.14. The summed E-state index contributed by atoms with van der Waals surface area (Å²) in [5.41, 5.74) is 4.73. The summed E-state index contributed by atoms with van der Waals surface area (Å²) in [6, 6.07) is 12.4. The third kappa shape index (κ3) is 1.39. The Labute approximate surface area is 137 Å². The maximum absolute atomic E-state index is 9.97. The highest BCUT2D eigenvalue weighted by molar-refractivity contribution is 7.98. The molecule has 1 saturated carbocycles. The molecule has 7 heteroatoms. The van der Waals surface area contributed by atoms with E-state index in [0.29, 0.717) is 13.2 Å². The molecule has 1 saturated heterocycles. The monoisotopic (exact) mass is 327 g/mol. The van der Waals surface area contributed by atoms with Crippen LogP contribution in [0.5, 0.6) is 0 Å². The van der Waals surface area contributed by atoms with Crippen molar-refractivity contribution in [3.63, 3.8) is 0 Å². The molecule has 3 atom stereocenters. The van der Waals surface area contributed by atoms with Gasteiger partial charge in [-0.3, -0.25) is 5.73 Å². The standard InChI is InChI=1S/C16H14N4O2S/c1-23-11-4-2-10(3-5-11)12-14(8-17)13(19)20-16(15(12,14)9-18)21-6-7-22-16/h2-5,12H,6-7H2,1H3,(H2,19,20)/p+1/t12-,14+,15+/m0/s1. The summed E-state index contributed by atoms with van der Waals surface area (Å²) in [6.45, 7) is 0.729. The Balaban J connectivity index is 1.87. The van der Waals surface area contributed by atoms with E-state index in [4.69, 9.17) is 15.2 Å². The van der Waals surface area contributed by atoms with Crippen LogP contribution in [0.25, 0.3) is 0 Å². The molecule has 23 heavy (non-hydrogen) atoms. The van der Waals surface area contributed by atoms with Gasteiger partial charge in [-0.1, -0.05) is 12.1 Å². The Morgan fingerprint density at radius 2 is 1.87 bits per heavy atom. The fraction of sp³-hybridized carbons (Fsp3) is 0.438. The van der Waals surface area contributed by atoms with Crippen molar-refractivity contribution < 1.29 is 14.5 Å². The minimum Gasteiger partial charge on any atom is -0.311 e. The number of benzene rings is 1. The first kappa shape index (κ1) is 14.5. The fourth-order valence-corrected chi connectivity index (χ4v) is 4.52. The van der Waals surface area contributed by atoms with Crippen LogP contribution in [0.1, 0.15) is 11.5 Å². The van der Waals surface area contributed by atoms with E-state index in [-0.39, 0.29) is 11.8 Å². The van der Waals surface area contributed by atoms with Crippen LogP contribution >= 0.6 is 11.8 Å². The van der Waals surface area contributed by atoms with Gasteiger partial charge in [-0.2, -0.15) is 10.5 Å². The molecule has 2 fully saturated rings. The maximum atomic E-state index is 9.97. The molecular formula is C16H15N4O2S+. The van der Waals surface area contributed by atoms with Crippen LogP contribution in [0.2, 0.25) is 0 Å². The molecule has 2 heterocycles. The van der Waals surface area contributed by atoms with Gasteiger partial charge in [0.15, 0.2) is 10.8 Å². The molecule has 0 radical (unpaired) electrons. The van der Waals surface area contributed by atoms with Gasteiger partial charge in [0.25, 0.3) is 5.84 Å². The Morgan fingerprint density at radius 3 is 2.39 bits per heavy atom. The van der Waals surface area contributed by atoms with E-state index < -0.39 is 16.7 Å². The molecular weight excluding hydrogens is 312 g/mol. The Kier molecular flexibility index (Phi) is 2.83. The molecule has 0 amide bonds. The molecule has 4 rings (SSSR count). The topological polar surface area (TPSA) is 106 Å². The number of fused-ring (bicyclic) bond motifs is 2. The van der Waals surface area contributed by atoms with Crippen molar-refractivity contribution >= 4 is 17.6 Å². The molecule has 0 aromatic heterocycles. The van der Waals surface area contributed by atoms with Gasteiger partial charge in [-0.15, -0.1) is 11.8 Å². The molecule has 1 aromatic carbocycles. The largest absolute Gasteiger partial charge is 0.343 e. The lowest BCUT2D eigenvalue weighted by Crippen LogP contribution is -2.89. The number of thioether (sulfide) groups is 1. The Morgan fingerprint density at radius 1 is 1.22 bits per heavy atom. The number of ether oxygens (including phenoxy) is 2. The second-order valence-corrected chi connectivity index (χ2v) is 6.78. The second-order valence-electron chi connectivity index (χ2n) is 5.90. The van der Waals surface area contributed by atoms with Crippen LogP contribution in [0.15, 0.2) is 29.2 Å².